The molecule has 2 saturated carbocycles. The maximum atomic E-state index is 10.5. The highest BCUT2D eigenvalue weighted by Crippen LogP contribution is 2.50. The van der Waals surface area contributed by atoms with Crippen LogP contribution in [0.5, 0.6) is 0 Å². The minimum atomic E-state index is -0.200. The van der Waals surface area contributed by atoms with E-state index in [4.69, 9.17) is 4.74 Å². The molecule has 1 N–H and O–H groups in total. The number of ether oxygens (including phenoxy) is 1. The smallest absolute Gasteiger partial charge is 0.0793 e. The molecule has 4 heteroatoms. The quantitative estimate of drug-likeness (QED) is 0.811. The van der Waals surface area contributed by atoms with Crippen LogP contribution in [0, 0.1) is 17.8 Å². The summed E-state index contributed by atoms with van der Waals surface area (Å²) in [5.74, 6) is 3.10. The molecule has 4 aliphatic rings. The molecule has 0 radical (unpaired) electrons. The Kier molecular flexibility index (Phi) is 5.24. The number of rotatable bonds is 6. The lowest BCUT2D eigenvalue weighted by Crippen LogP contribution is -2.45. The molecule has 0 aromatic heterocycles. The van der Waals surface area contributed by atoms with Crippen molar-refractivity contribution in [2.75, 3.05) is 45.9 Å². The number of morpholine rings is 1. The van der Waals surface area contributed by atoms with Crippen LogP contribution in [-0.2, 0) is 4.74 Å². The maximum Gasteiger partial charge on any atom is 0.0793 e. The molecule has 5 atom stereocenters. The Morgan fingerprint density at radius 3 is 2.61 bits per heavy atom. The van der Waals surface area contributed by atoms with Gasteiger partial charge in [0.25, 0.3) is 0 Å². The second-order valence-electron chi connectivity index (χ2n) is 8.53. The zero-order valence-electron chi connectivity index (χ0n) is 14.5. The van der Waals surface area contributed by atoms with Crippen molar-refractivity contribution in [1.82, 2.24) is 9.80 Å². The van der Waals surface area contributed by atoms with E-state index in [0.717, 1.165) is 63.2 Å². The molecule has 0 aromatic rings. The molecule has 0 aromatic carbocycles. The van der Waals surface area contributed by atoms with Crippen LogP contribution in [0.3, 0.4) is 0 Å². The Morgan fingerprint density at radius 1 is 1.00 bits per heavy atom. The summed E-state index contributed by atoms with van der Waals surface area (Å²) in [6.45, 7) is 6.50. The topological polar surface area (TPSA) is 35.9 Å². The van der Waals surface area contributed by atoms with Crippen molar-refractivity contribution in [3.8, 4) is 0 Å². The largest absolute Gasteiger partial charge is 0.390 e. The van der Waals surface area contributed by atoms with Gasteiger partial charge in [0.1, 0.15) is 0 Å². The summed E-state index contributed by atoms with van der Waals surface area (Å²) in [5.41, 5.74) is 0. The van der Waals surface area contributed by atoms with E-state index in [2.05, 4.69) is 9.80 Å². The number of β-amino-alcohol motifs (C(OH)–C–C–N with tert-alkyl or cyclic N) is 1. The van der Waals surface area contributed by atoms with Crippen molar-refractivity contribution in [3.63, 3.8) is 0 Å². The first-order chi connectivity index (χ1) is 11.3. The second kappa shape index (κ2) is 7.38. The van der Waals surface area contributed by atoms with Gasteiger partial charge in [0.2, 0.25) is 0 Å². The molecule has 2 saturated heterocycles. The fourth-order valence-electron chi connectivity index (χ4n) is 5.83. The van der Waals surface area contributed by atoms with Crippen molar-refractivity contribution >= 4 is 0 Å². The number of hydrogen-bond donors (Lipinski definition) is 1. The van der Waals surface area contributed by atoms with Gasteiger partial charge in [0.15, 0.2) is 0 Å². The van der Waals surface area contributed by atoms with Crippen LogP contribution < -0.4 is 0 Å². The summed E-state index contributed by atoms with van der Waals surface area (Å²) in [4.78, 5) is 4.96. The molecule has 0 spiro atoms. The Morgan fingerprint density at radius 2 is 1.87 bits per heavy atom. The molecule has 4 nitrogen and oxygen atoms in total. The van der Waals surface area contributed by atoms with Crippen molar-refractivity contribution < 1.29 is 9.84 Å². The molecule has 0 amide bonds. The van der Waals surface area contributed by atoms with Gasteiger partial charge in [-0.15, -0.1) is 0 Å². The van der Waals surface area contributed by atoms with Crippen LogP contribution in [0.1, 0.15) is 44.9 Å². The predicted octanol–water partition coefficient (Wildman–Crippen LogP) is 1.97. The molecule has 2 aliphatic heterocycles. The van der Waals surface area contributed by atoms with E-state index in [-0.39, 0.29) is 6.10 Å². The summed E-state index contributed by atoms with van der Waals surface area (Å²) in [6.07, 6.45) is 9.94. The zero-order valence-corrected chi connectivity index (χ0v) is 14.5. The first kappa shape index (κ1) is 16.3. The first-order valence-corrected chi connectivity index (χ1v) is 10.00. The van der Waals surface area contributed by atoms with E-state index in [1.54, 1.807) is 0 Å². The molecule has 23 heavy (non-hydrogen) atoms. The number of hydrogen-bond acceptors (Lipinski definition) is 4. The normalized spacial score (nSPS) is 40.0. The van der Waals surface area contributed by atoms with E-state index in [0.29, 0.717) is 0 Å². The third kappa shape index (κ3) is 3.92. The van der Waals surface area contributed by atoms with Crippen LogP contribution >= 0.6 is 0 Å². The highest BCUT2D eigenvalue weighted by atomic mass is 16.5. The monoisotopic (exact) mass is 322 g/mol. The third-order valence-electron chi connectivity index (χ3n) is 6.98. The van der Waals surface area contributed by atoms with E-state index in [9.17, 15) is 5.11 Å². The van der Waals surface area contributed by atoms with Gasteiger partial charge in [-0.3, -0.25) is 9.80 Å². The van der Waals surface area contributed by atoms with Gasteiger partial charge in [-0.25, -0.2) is 0 Å². The molecular formula is C19H34N2O2. The average Bonchev–Trinajstić information content (AvgIpc) is 3.26. The summed E-state index contributed by atoms with van der Waals surface area (Å²) < 4.78 is 5.40. The fourth-order valence-corrected chi connectivity index (χ4v) is 5.83. The van der Waals surface area contributed by atoms with E-state index in [1.807, 2.05) is 0 Å². The number of nitrogens with zero attached hydrogens (tertiary/aromatic N) is 2. The maximum absolute atomic E-state index is 10.5. The van der Waals surface area contributed by atoms with E-state index >= 15 is 0 Å². The summed E-state index contributed by atoms with van der Waals surface area (Å²) in [7, 11) is 0. The van der Waals surface area contributed by atoms with Gasteiger partial charge < -0.3 is 9.84 Å². The molecule has 0 unspecified atom stereocenters. The Hall–Kier alpha value is -0.160. The van der Waals surface area contributed by atoms with Crippen LogP contribution in [0.25, 0.3) is 0 Å². The van der Waals surface area contributed by atoms with Gasteiger partial charge in [-0.05, 0) is 62.8 Å². The third-order valence-corrected chi connectivity index (χ3v) is 6.98. The molecular weight excluding hydrogens is 288 g/mol. The highest BCUT2D eigenvalue weighted by Gasteiger charge is 2.41. The van der Waals surface area contributed by atoms with Gasteiger partial charge in [-0.1, -0.05) is 6.42 Å². The number of likely N-dealkylation sites (tertiary alicyclic amines) is 1. The highest BCUT2D eigenvalue weighted by molar-refractivity contribution is 4.93. The summed E-state index contributed by atoms with van der Waals surface area (Å²) >= 11 is 0. The standard InChI is InChI=1S/C19H34N2O2/c22-19(13-20-6-8-23-9-7-20)14-21-5-1-2-18(21)12-17-11-15-3-4-16(17)10-15/h15-19,22H,1-14H2/t15-,16-,17-,18-,19+/m0/s1. The van der Waals surface area contributed by atoms with Crippen LogP contribution in [0.4, 0.5) is 0 Å². The SMILES string of the molecule is O[C@H](CN1CCOCC1)CN1CCC[C@H]1C[C@@H]1C[C@H]2CC[C@H]1C2. The molecule has 4 rings (SSSR count). The lowest BCUT2D eigenvalue weighted by molar-refractivity contribution is 0.00487. The lowest BCUT2D eigenvalue weighted by atomic mass is 9.83. The van der Waals surface area contributed by atoms with Gasteiger partial charge in [0, 0.05) is 32.2 Å². The Balaban J connectivity index is 1.24. The second-order valence-corrected chi connectivity index (χ2v) is 8.53. The molecule has 4 fully saturated rings. The van der Waals surface area contributed by atoms with Crippen molar-refractivity contribution in [3.05, 3.63) is 0 Å². The zero-order chi connectivity index (χ0) is 15.6. The van der Waals surface area contributed by atoms with Crippen molar-refractivity contribution in [1.29, 1.82) is 0 Å². The van der Waals surface area contributed by atoms with E-state index < -0.39 is 0 Å². The molecule has 2 heterocycles. The van der Waals surface area contributed by atoms with Gasteiger partial charge >= 0.3 is 0 Å². The van der Waals surface area contributed by atoms with Crippen LogP contribution in [0.15, 0.2) is 0 Å². The fraction of sp³-hybridized carbons (Fsp3) is 1.00. The number of aliphatic hydroxyl groups is 1. The van der Waals surface area contributed by atoms with E-state index in [1.165, 1.54) is 51.5 Å². The first-order valence-electron chi connectivity index (χ1n) is 10.00. The number of aliphatic hydroxyl groups excluding tert-OH is 1. The minimum Gasteiger partial charge on any atom is -0.390 e. The molecule has 2 bridgehead atoms. The summed E-state index contributed by atoms with van der Waals surface area (Å²) in [6, 6.07) is 0.749. The van der Waals surface area contributed by atoms with Crippen LogP contribution in [-0.4, -0.2) is 73.0 Å². The summed E-state index contributed by atoms with van der Waals surface area (Å²) in [5, 5.41) is 10.5. The van der Waals surface area contributed by atoms with Gasteiger partial charge in [0.05, 0.1) is 19.3 Å². The Labute approximate surface area is 141 Å². The minimum absolute atomic E-state index is 0.200. The Bertz CT molecular complexity index is 386. The lowest BCUT2D eigenvalue weighted by Gasteiger charge is -2.33. The average molecular weight is 322 g/mol. The molecule has 132 valence electrons. The van der Waals surface area contributed by atoms with Gasteiger partial charge in [-0.2, -0.15) is 0 Å². The van der Waals surface area contributed by atoms with Crippen molar-refractivity contribution in [2.24, 2.45) is 17.8 Å². The predicted molar refractivity (Wildman–Crippen MR) is 91.4 cm³/mol. The van der Waals surface area contributed by atoms with Crippen molar-refractivity contribution in [2.45, 2.75) is 57.1 Å². The molecule has 2 aliphatic carbocycles. The van der Waals surface area contributed by atoms with Crippen LogP contribution in [0.2, 0.25) is 0 Å². The number of fused-ring (bicyclic) bond motifs is 2.